The van der Waals surface area contributed by atoms with Crippen molar-refractivity contribution in [2.75, 3.05) is 11.9 Å². The molecule has 0 aromatic carbocycles. The van der Waals surface area contributed by atoms with Crippen LogP contribution >= 0.6 is 11.3 Å². The molecule has 0 aliphatic heterocycles. The molecular weight excluding hydrogens is 164 g/mol. The van der Waals surface area contributed by atoms with Gasteiger partial charge in [-0.3, -0.25) is 10.1 Å². The van der Waals surface area contributed by atoms with Gasteiger partial charge in [-0.2, -0.15) is 0 Å². The summed E-state index contributed by atoms with van der Waals surface area (Å²) in [7, 11) is 0. The number of hydrogen-bond donors (Lipinski definition) is 1. The fourth-order valence-corrected chi connectivity index (χ4v) is 1.56. The first kappa shape index (κ1) is 8.00. The zero-order valence-electron chi connectivity index (χ0n) is 6.03. The molecule has 60 valence electrons. The molecular formula is C6H8N2O2S. The van der Waals surface area contributed by atoms with E-state index in [0.717, 1.165) is 0 Å². The van der Waals surface area contributed by atoms with Gasteiger partial charge in [0, 0.05) is 12.6 Å². The summed E-state index contributed by atoms with van der Waals surface area (Å²) in [5, 5.41) is 15.6. The van der Waals surface area contributed by atoms with Crippen molar-refractivity contribution in [3.05, 3.63) is 21.6 Å². The van der Waals surface area contributed by atoms with Crippen LogP contribution in [0.4, 0.5) is 10.7 Å². The Kier molecular flexibility index (Phi) is 2.43. The highest BCUT2D eigenvalue weighted by molar-refractivity contribution is 7.14. The average molecular weight is 172 g/mol. The summed E-state index contributed by atoms with van der Waals surface area (Å²) in [5.74, 6) is 0. The first-order chi connectivity index (χ1) is 5.25. The summed E-state index contributed by atoms with van der Waals surface area (Å²) in [6.45, 7) is 2.62. The highest BCUT2D eigenvalue weighted by Gasteiger charge is 2.12. The number of hydrogen-bond acceptors (Lipinski definition) is 4. The summed E-state index contributed by atoms with van der Waals surface area (Å²) in [5.41, 5.74) is 0.164. The molecule has 1 rings (SSSR count). The Morgan fingerprint density at radius 3 is 3.09 bits per heavy atom. The van der Waals surface area contributed by atoms with Gasteiger partial charge in [0.05, 0.1) is 4.92 Å². The highest BCUT2D eigenvalue weighted by Crippen LogP contribution is 2.29. The Morgan fingerprint density at radius 2 is 2.55 bits per heavy atom. The highest BCUT2D eigenvalue weighted by atomic mass is 32.1. The molecule has 0 unspecified atom stereocenters. The lowest BCUT2D eigenvalue weighted by atomic mass is 10.5. The van der Waals surface area contributed by atoms with Gasteiger partial charge in [-0.1, -0.05) is 0 Å². The molecule has 0 saturated carbocycles. The Bertz CT molecular complexity index is 259. The predicted octanol–water partition coefficient (Wildman–Crippen LogP) is 2.09. The van der Waals surface area contributed by atoms with Crippen molar-refractivity contribution >= 4 is 22.0 Å². The lowest BCUT2D eigenvalue weighted by Crippen LogP contribution is -1.97. The molecule has 0 aliphatic carbocycles. The van der Waals surface area contributed by atoms with E-state index in [1.807, 2.05) is 6.92 Å². The van der Waals surface area contributed by atoms with Crippen molar-refractivity contribution in [3.63, 3.8) is 0 Å². The molecule has 4 nitrogen and oxygen atoms in total. The topological polar surface area (TPSA) is 55.2 Å². The molecule has 1 heterocycles. The first-order valence-corrected chi connectivity index (χ1v) is 4.09. The molecule has 0 atom stereocenters. The lowest BCUT2D eigenvalue weighted by Gasteiger charge is -1.96. The van der Waals surface area contributed by atoms with Gasteiger partial charge in [0.2, 0.25) is 0 Å². The molecule has 5 heteroatoms. The van der Waals surface area contributed by atoms with Crippen LogP contribution in [0, 0.1) is 10.1 Å². The van der Waals surface area contributed by atoms with Gasteiger partial charge in [0.1, 0.15) is 0 Å². The van der Waals surface area contributed by atoms with Crippen molar-refractivity contribution in [1.82, 2.24) is 0 Å². The number of thiophene rings is 1. The zero-order valence-corrected chi connectivity index (χ0v) is 6.85. The van der Waals surface area contributed by atoms with Crippen LogP contribution in [-0.2, 0) is 0 Å². The number of anilines is 1. The molecule has 0 fully saturated rings. The normalized spacial score (nSPS) is 9.55. The van der Waals surface area contributed by atoms with Gasteiger partial charge >= 0.3 is 5.69 Å². The standard InChI is InChI=1S/C6H8N2O2S/c1-2-7-6-5(8(9)10)3-4-11-6/h3-4,7H,2H2,1H3. The van der Waals surface area contributed by atoms with E-state index in [9.17, 15) is 10.1 Å². The van der Waals surface area contributed by atoms with Crippen LogP contribution in [0.15, 0.2) is 11.4 Å². The maximum Gasteiger partial charge on any atom is 0.303 e. The Balaban J connectivity index is 2.87. The van der Waals surface area contributed by atoms with Crippen molar-refractivity contribution in [2.45, 2.75) is 6.92 Å². The average Bonchev–Trinajstić information content (AvgIpc) is 2.36. The number of nitro groups is 1. The van der Waals surface area contributed by atoms with E-state index in [0.29, 0.717) is 11.5 Å². The van der Waals surface area contributed by atoms with Crippen molar-refractivity contribution in [2.24, 2.45) is 0 Å². The molecule has 0 amide bonds. The summed E-state index contributed by atoms with van der Waals surface area (Å²) < 4.78 is 0. The fourth-order valence-electron chi connectivity index (χ4n) is 0.739. The molecule has 1 N–H and O–H groups in total. The first-order valence-electron chi connectivity index (χ1n) is 3.21. The van der Waals surface area contributed by atoms with E-state index in [4.69, 9.17) is 0 Å². The minimum Gasteiger partial charge on any atom is -0.372 e. The summed E-state index contributed by atoms with van der Waals surface area (Å²) in [6.07, 6.45) is 0. The van der Waals surface area contributed by atoms with E-state index in [1.54, 1.807) is 5.38 Å². The van der Waals surface area contributed by atoms with Crippen LogP contribution in [0.25, 0.3) is 0 Å². The third-order valence-electron chi connectivity index (χ3n) is 1.18. The SMILES string of the molecule is CCNc1sccc1[N+](=O)[O-]. The maximum absolute atomic E-state index is 10.3. The second-order valence-corrected chi connectivity index (χ2v) is 2.84. The van der Waals surface area contributed by atoms with E-state index in [2.05, 4.69) is 5.32 Å². The molecule has 1 aromatic rings. The van der Waals surface area contributed by atoms with Gasteiger partial charge in [0.25, 0.3) is 0 Å². The van der Waals surface area contributed by atoms with E-state index in [-0.39, 0.29) is 10.6 Å². The van der Waals surface area contributed by atoms with E-state index in [1.165, 1.54) is 17.4 Å². The van der Waals surface area contributed by atoms with Crippen LogP contribution in [0.1, 0.15) is 6.92 Å². The molecule has 0 aliphatic rings. The van der Waals surface area contributed by atoms with Gasteiger partial charge in [0.15, 0.2) is 5.00 Å². The van der Waals surface area contributed by atoms with E-state index >= 15 is 0 Å². The largest absolute Gasteiger partial charge is 0.372 e. The van der Waals surface area contributed by atoms with Crippen molar-refractivity contribution in [3.8, 4) is 0 Å². The minimum atomic E-state index is -0.380. The van der Waals surface area contributed by atoms with Gasteiger partial charge in [-0.05, 0) is 12.3 Å². The Labute approximate surface area is 68.0 Å². The van der Waals surface area contributed by atoms with Gasteiger partial charge in [-0.15, -0.1) is 11.3 Å². The third kappa shape index (κ3) is 1.68. The smallest absolute Gasteiger partial charge is 0.303 e. The van der Waals surface area contributed by atoms with Crippen LogP contribution in [0.2, 0.25) is 0 Å². The molecule has 0 bridgehead atoms. The summed E-state index contributed by atoms with van der Waals surface area (Å²) in [6, 6.07) is 1.50. The monoisotopic (exact) mass is 172 g/mol. The lowest BCUT2D eigenvalue weighted by molar-refractivity contribution is -0.383. The molecule has 0 saturated heterocycles. The molecule has 0 spiro atoms. The summed E-state index contributed by atoms with van der Waals surface area (Å²) >= 11 is 1.35. The van der Waals surface area contributed by atoms with Crippen molar-refractivity contribution in [1.29, 1.82) is 0 Å². The van der Waals surface area contributed by atoms with Crippen LogP contribution < -0.4 is 5.32 Å². The fraction of sp³-hybridized carbons (Fsp3) is 0.333. The van der Waals surface area contributed by atoms with Crippen LogP contribution in [-0.4, -0.2) is 11.5 Å². The zero-order chi connectivity index (χ0) is 8.27. The Morgan fingerprint density at radius 1 is 1.82 bits per heavy atom. The second kappa shape index (κ2) is 3.34. The van der Waals surface area contributed by atoms with E-state index < -0.39 is 0 Å². The Hall–Kier alpha value is -1.10. The van der Waals surface area contributed by atoms with Gasteiger partial charge in [-0.25, -0.2) is 0 Å². The van der Waals surface area contributed by atoms with Crippen LogP contribution in [0.3, 0.4) is 0 Å². The minimum absolute atomic E-state index is 0.164. The summed E-state index contributed by atoms with van der Waals surface area (Å²) in [4.78, 5) is 9.95. The molecule has 1 aromatic heterocycles. The second-order valence-electron chi connectivity index (χ2n) is 1.92. The molecule has 0 radical (unpaired) electrons. The maximum atomic E-state index is 10.3. The number of nitrogens with zero attached hydrogens (tertiary/aromatic N) is 1. The predicted molar refractivity (Wildman–Crippen MR) is 45.1 cm³/mol. The van der Waals surface area contributed by atoms with Gasteiger partial charge < -0.3 is 5.32 Å². The number of nitrogens with one attached hydrogen (secondary N) is 1. The quantitative estimate of drug-likeness (QED) is 0.561. The number of rotatable bonds is 3. The van der Waals surface area contributed by atoms with Crippen LogP contribution in [0.5, 0.6) is 0 Å². The molecule has 11 heavy (non-hydrogen) atoms. The third-order valence-corrected chi connectivity index (χ3v) is 2.04. The van der Waals surface area contributed by atoms with Crippen molar-refractivity contribution < 1.29 is 4.92 Å².